The molecule has 3 nitrogen and oxygen atoms in total. The minimum atomic E-state index is -4.40. The lowest BCUT2D eigenvalue weighted by Crippen LogP contribution is -2.42. The first-order valence-electron chi connectivity index (χ1n) is 12.3. The van der Waals surface area contributed by atoms with E-state index in [1.54, 1.807) is 17.4 Å². The quantitative estimate of drug-likeness (QED) is 0.388. The highest BCUT2D eigenvalue weighted by molar-refractivity contribution is 7.08. The molecule has 188 valence electrons. The number of rotatable bonds is 7. The van der Waals surface area contributed by atoms with Crippen molar-refractivity contribution in [1.29, 1.82) is 0 Å². The molecular formula is C29H29F3N2OS. The molecule has 1 fully saturated rings. The van der Waals surface area contributed by atoms with Gasteiger partial charge in [-0.3, -0.25) is 4.79 Å². The SMILES string of the molecule is O=C(NCc1cccc(C(F)(F)F)c1)C(CCN1CCC2(C=Cc3ccccc32)CC1)c1ccsc1. The third-order valence-electron chi connectivity index (χ3n) is 7.54. The summed E-state index contributed by atoms with van der Waals surface area (Å²) in [6.45, 7) is 2.82. The number of likely N-dealkylation sites (tertiary alicyclic amines) is 1. The Morgan fingerprint density at radius 2 is 1.89 bits per heavy atom. The van der Waals surface area contributed by atoms with Gasteiger partial charge in [0.2, 0.25) is 5.91 Å². The predicted octanol–water partition coefficient (Wildman–Crippen LogP) is 6.62. The van der Waals surface area contributed by atoms with Crippen LogP contribution in [0.3, 0.4) is 0 Å². The van der Waals surface area contributed by atoms with Gasteiger partial charge in [0.05, 0.1) is 11.5 Å². The van der Waals surface area contributed by atoms with Crippen molar-refractivity contribution in [3.63, 3.8) is 0 Å². The largest absolute Gasteiger partial charge is 0.416 e. The first-order valence-corrected chi connectivity index (χ1v) is 13.3. The zero-order valence-electron chi connectivity index (χ0n) is 19.9. The van der Waals surface area contributed by atoms with Crippen LogP contribution in [0.5, 0.6) is 0 Å². The van der Waals surface area contributed by atoms with Crippen molar-refractivity contribution in [1.82, 2.24) is 10.2 Å². The molecule has 3 aromatic rings. The summed E-state index contributed by atoms with van der Waals surface area (Å²) in [5.74, 6) is -0.475. The third-order valence-corrected chi connectivity index (χ3v) is 8.25. The van der Waals surface area contributed by atoms with Crippen molar-refractivity contribution >= 4 is 23.3 Å². The molecule has 2 aliphatic rings. The number of alkyl halides is 3. The van der Waals surface area contributed by atoms with Crippen LogP contribution in [0.25, 0.3) is 6.08 Å². The van der Waals surface area contributed by atoms with Crippen LogP contribution in [0, 0.1) is 0 Å². The van der Waals surface area contributed by atoms with Gasteiger partial charge in [-0.15, -0.1) is 0 Å². The van der Waals surface area contributed by atoms with E-state index in [2.05, 4.69) is 46.6 Å². The number of benzene rings is 2. The van der Waals surface area contributed by atoms with Gasteiger partial charge < -0.3 is 10.2 Å². The van der Waals surface area contributed by atoms with Crippen LogP contribution < -0.4 is 5.32 Å². The van der Waals surface area contributed by atoms with Crippen molar-refractivity contribution in [3.8, 4) is 0 Å². The zero-order valence-corrected chi connectivity index (χ0v) is 20.7. The summed E-state index contributed by atoms with van der Waals surface area (Å²) in [5.41, 5.74) is 3.57. The lowest BCUT2D eigenvalue weighted by Gasteiger charge is -2.39. The minimum Gasteiger partial charge on any atom is -0.351 e. The van der Waals surface area contributed by atoms with Gasteiger partial charge in [-0.25, -0.2) is 0 Å². The number of fused-ring (bicyclic) bond motifs is 2. The summed E-state index contributed by atoms with van der Waals surface area (Å²) in [6.07, 6.45) is 3.00. The van der Waals surface area contributed by atoms with Gasteiger partial charge in [0.1, 0.15) is 0 Å². The molecule has 1 aliphatic heterocycles. The van der Waals surface area contributed by atoms with E-state index in [0.717, 1.165) is 50.2 Å². The second-order valence-electron chi connectivity index (χ2n) is 9.73. The molecule has 36 heavy (non-hydrogen) atoms. The maximum Gasteiger partial charge on any atom is 0.416 e. The molecule has 2 heterocycles. The highest BCUT2D eigenvalue weighted by atomic mass is 32.1. The Hall–Kier alpha value is -2.90. The molecule has 0 radical (unpaired) electrons. The first kappa shape index (κ1) is 24.8. The number of nitrogens with one attached hydrogen (secondary N) is 1. The Morgan fingerprint density at radius 3 is 2.64 bits per heavy atom. The van der Waals surface area contributed by atoms with E-state index in [1.807, 2.05) is 16.8 Å². The number of hydrogen-bond acceptors (Lipinski definition) is 3. The summed E-state index contributed by atoms with van der Waals surface area (Å²) in [4.78, 5) is 15.6. The Balaban J connectivity index is 1.19. The molecule has 1 atom stereocenters. The van der Waals surface area contributed by atoms with Crippen molar-refractivity contribution in [2.45, 2.75) is 43.3 Å². The van der Waals surface area contributed by atoms with Crippen molar-refractivity contribution in [3.05, 3.63) is 99.3 Å². The molecule has 5 rings (SSSR count). The third kappa shape index (κ3) is 5.27. The number of halogens is 3. The summed E-state index contributed by atoms with van der Waals surface area (Å²) in [7, 11) is 0. The topological polar surface area (TPSA) is 32.3 Å². The van der Waals surface area contributed by atoms with Crippen LogP contribution in [-0.2, 0) is 22.9 Å². The highest BCUT2D eigenvalue weighted by Crippen LogP contribution is 2.43. The van der Waals surface area contributed by atoms with E-state index >= 15 is 0 Å². The zero-order chi connectivity index (χ0) is 25.2. The van der Waals surface area contributed by atoms with Crippen LogP contribution in [0.1, 0.15) is 53.0 Å². The summed E-state index contributed by atoms with van der Waals surface area (Å²) < 4.78 is 39.1. The molecule has 1 saturated heterocycles. The van der Waals surface area contributed by atoms with Crippen molar-refractivity contribution in [2.24, 2.45) is 0 Å². The number of amides is 1. The number of hydrogen-bond donors (Lipinski definition) is 1. The highest BCUT2D eigenvalue weighted by Gasteiger charge is 2.38. The number of nitrogens with zero attached hydrogens (tertiary/aromatic N) is 1. The number of carbonyl (C=O) groups excluding carboxylic acids is 1. The van der Waals surface area contributed by atoms with Gasteiger partial charge in [-0.2, -0.15) is 24.5 Å². The Morgan fingerprint density at radius 1 is 1.08 bits per heavy atom. The van der Waals surface area contributed by atoms with E-state index < -0.39 is 11.7 Å². The average molecular weight is 511 g/mol. The van der Waals surface area contributed by atoms with Crippen LogP contribution >= 0.6 is 11.3 Å². The number of thiophene rings is 1. The molecule has 1 unspecified atom stereocenters. The second-order valence-corrected chi connectivity index (χ2v) is 10.5. The number of carbonyl (C=O) groups is 1. The summed E-state index contributed by atoms with van der Waals surface area (Å²) in [6, 6.07) is 15.7. The molecule has 1 amide bonds. The molecule has 0 saturated carbocycles. The lowest BCUT2D eigenvalue weighted by molar-refractivity contribution is -0.137. The standard InChI is InChI=1S/C29H29F3N2OS/c30-29(31,32)24-6-3-4-21(18-24)19-33-27(35)25(23-10-17-36-20-23)9-14-34-15-12-28(13-16-34)11-8-22-5-1-2-7-26(22)28/h1-8,10-11,17-18,20,25H,9,12-16,19H2,(H,33,35). The van der Waals surface area contributed by atoms with Gasteiger partial charge in [0.15, 0.2) is 0 Å². The molecule has 7 heteroatoms. The molecule has 1 spiro atoms. The van der Waals surface area contributed by atoms with E-state index in [9.17, 15) is 18.0 Å². The van der Waals surface area contributed by atoms with E-state index in [-0.39, 0.29) is 23.8 Å². The number of allylic oxidation sites excluding steroid dienone is 1. The van der Waals surface area contributed by atoms with Crippen molar-refractivity contribution < 1.29 is 18.0 Å². The molecular weight excluding hydrogens is 481 g/mol. The minimum absolute atomic E-state index is 0.0708. The number of piperidine rings is 1. The molecule has 2 aromatic carbocycles. The molecule has 1 aromatic heterocycles. The fourth-order valence-electron chi connectivity index (χ4n) is 5.45. The maximum atomic E-state index is 13.2. The Kier molecular flexibility index (Phi) is 7.04. The van der Waals surface area contributed by atoms with Gasteiger partial charge >= 0.3 is 6.18 Å². The van der Waals surface area contributed by atoms with Gasteiger partial charge in [-0.1, -0.05) is 48.6 Å². The normalized spacial score (nSPS) is 17.8. The Labute approximate surface area is 213 Å². The lowest BCUT2D eigenvalue weighted by atomic mass is 9.74. The fourth-order valence-corrected chi connectivity index (χ4v) is 6.16. The molecule has 0 bridgehead atoms. The summed E-state index contributed by atoms with van der Waals surface area (Å²) in [5, 5.41) is 6.82. The Bertz CT molecular complexity index is 1230. The van der Waals surface area contributed by atoms with Crippen LogP contribution in [0.15, 0.2) is 71.4 Å². The van der Waals surface area contributed by atoms with Crippen LogP contribution in [-0.4, -0.2) is 30.4 Å². The van der Waals surface area contributed by atoms with E-state index in [0.29, 0.717) is 12.0 Å². The fraction of sp³-hybridized carbons (Fsp3) is 0.345. The van der Waals surface area contributed by atoms with E-state index in [4.69, 9.17) is 0 Å². The predicted molar refractivity (Wildman–Crippen MR) is 138 cm³/mol. The second kappa shape index (κ2) is 10.2. The first-order chi connectivity index (χ1) is 17.3. The van der Waals surface area contributed by atoms with Crippen LogP contribution in [0.2, 0.25) is 0 Å². The maximum absolute atomic E-state index is 13.2. The van der Waals surface area contributed by atoms with Gasteiger partial charge in [-0.05, 0) is 90.1 Å². The summed E-state index contributed by atoms with van der Waals surface area (Å²) >= 11 is 1.55. The monoisotopic (exact) mass is 510 g/mol. The molecule has 1 aliphatic carbocycles. The average Bonchev–Trinajstić information content (AvgIpc) is 3.53. The van der Waals surface area contributed by atoms with Gasteiger partial charge in [0, 0.05) is 12.0 Å². The van der Waals surface area contributed by atoms with Crippen LogP contribution in [0.4, 0.5) is 13.2 Å². The smallest absolute Gasteiger partial charge is 0.351 e. The van der Waals surface area contributed by atoms with E-state index in [1.165, 1.54) is 17.2 Å². The molecule has 1 N–H and O–H groups in total. The van der Waals surface area contributed by atoms with Crippen molar-refractivity contribution in [2.75, 3.05) is 19.6 Å². The van der Waals surface area contributed by atoms with Gasteiger partial charge in [0.25, 0.3) is 0 Å².